The highest BCUT2D eigenvalue weighted by atomic mass is 15.2. The number of nitrogens with two attached hydrogens (primary N) is 1. The number of hydrogen-bond donors (Lipinski definition) is 1. The Labute approximate surface area is 104 Å². The van der Waals surface area contributed by atoms with Gasteiger partial charge in [-0.05, 0) is 37.3 Å². The van der Waals surface area contributed by atoms with Gasteiger partial charge in [-0.1, -0.05) is 19.4 Å². The third-order valence-electron chi connectivity index (χ3n) is 3.86. The molecule has 1 aliphatic heterocycles. The Morgan fingerprint density at radius 2 is 2.29 bits per heavy atom. The summed E-state index contributed by atoms with van der Waals surface area (Å²) in [7, 11) is 0. The van der Waals surface area contributed by atoms with Gasteiger partial charge in [-0.3, -0.25) is 0 Å². The summed E-state index contributed by atoms with van der Waals surface area (Å²) in [4.78, 5) is 6.90. The van der Waals surface area contributed by atoms with Crippen molar-refractivity contribution in [1.29, 1.82) is 0 Å². The Kier molecular flexibility index (Phi) is 4.00. The van der Waals surface area contributed by atoms with E-state index in [1.165, 1.54) is 24.8 Å². The summed E-state index contributed by atoms with van der Waals surface area (Å²) in [5.74, 6) is 1.92. The number of piperidine rings is 1. The molecule has 3 heteroatoms. The van der Waals surface area contributed by atoms with E-state index in [9.17, 15) is 0 Å². The van der Waals surface area contributed by atoms with Gasteiger partial charge < -0.3 is 10.6 Å². The molecule has 3 nitrogen and oxygen atoms in total. The van der Waals surface area contributed by atoms with Crippen LogP contribution in [0.2, 0.25) is 0 Å². The molecule has 2 N–H and O–H groups in total. The van der Waals surface area contributed by atoms with Crippen LogP contribution in [0.25, 0.3) is 0 Å². The van der Waals surface area contributed by atoms with Crippen LogP contribution >= 0.6 is 0 Å². The van der Waals surface area contributed by atoms with E-state index in [2.05, 4.69) is 35.9 Å². The predicted molar refractivity (Wildman–Crippen MR) is 72.2 cm³/mol. The minimum absolute atomic E-state index is 0.462. The molecule has 0 aliphatic carbocycles. The number of aromatic nitrogens is 1. The molecule has 1 aromatic heterocycles. The third kappa shape index (κ3) is 2.78. The van der Waals surface area contributed by atoms with Gasteiger partial charge in [0.1, 0.15) is 5.82 Å². The average molecular weight is 233 g/mol. The van der Waals surface area contributed by atoms with Crippen molar-refractivity contribution < 1.29 is 0 Å². The van der Waals surface area contributed by atoms with E-state index in [0.29, 0.717) is 6.04 Å². The number of rotatable bonds is 3. The number of anilines is 1. The molecule has 2 rings (SSSR count). The van der Waals surface area contributed by atoms with E-state index in [1.54, 1.807) is 0 Å². The van der Waals surface area contributed by atoms with Crippen molar-refractivity contribution in [2.45, 2.75) is 39.2 Å². The molecule has 1 aliphatic rings. The predicted octanol–water partition coefficient (Wildman–Crippen LogP) is 2.34. The van der Waals surface area contributed by atoms with E-state index in [-0.39, 0.29) is 0 Å². The lowest BCUT2D eigenvalue weighted by molar-refractivity contribution is 0.334. The smallest absolute Gasteiger partial charge is 0.128 e. The fourth-order valence-electron chi connectivity index (χ4n) is 2.66. The van der Waals surface area contributed by atoms with Gasteiger partial charge in [-0.2, -0.15) is 0 Å². The van der Waals surface area contributed by atoms with Gasteiger partial charge >= 0.3 is 0 Å². The van der Waals surface area contributed by atoms with E-state index in [4.69, 9.17) is 5.73 Å². The minimum atomic E-state index is 0.462. The molecule has 17 heavy (non-hydrogen) atoms. The van der Waals surface area contributed by atoms with Crippen LogP contribution in [0.3, 0.4) is 0 Å². The Bertz CT molecular complexity index is 347. The molecule has 1 aromatic rings. The summed E-state index contributed by atoms with van der Waals surface area (Å²) in [6, 6.07) is 4.70. The zero-order chi connectivity index (χ0) is 12.3. The van der Waals surface area contributed by atoms with Crippen LogP contribution in [0.1, 0.15) is 31.7 Å². The Balaban J connectivity index is 2.12. The molecule has 1 saturated heterocycles. The van der Waals surface area contributed by atoms with Gasteiger partial charge in [0.2, 0.25) is 0 Å². The van der Waals surface area contributed by atoms with Crippen molar-refractivity contribution in [3.05, 3.63) is 23.9 Å². The normalized spacial score (nSPS) is 25.0. The van der Waals surface area contributed by atoms with Crippen molar-refractivity contribution in [2.75, 3.05) is 18.0 Å². The molecular weight excluding hydrogens is 210 g/mol. The molecule has 0 bridgehead atoms. The van der Waals surface area contributed by atoms with Crippen LogP contribution in [0.5, 0.6) is 0 Å². The maximum Gasteiger partial charge on any atom is 0.128 e. The molecule has 0 saturated carbocycles. The second-order valence-corrected chi connectivity index (χ2v) is 5.08. The van der Waals surface area contributed by atoms with E-state index >= 15 is 0 Å². The fourth-order valence-corrected chi connectivity index (χ4v) is 2.66. The quantitative estimate of drug-likeness (QED) is 0.871. The maximum atomic E-state index is 5.91. The lowest BCUT2D eigenvalue weighted by atomic mass is 9.89. The largest absolute Gasteiger partial charge is 0.352 e. The highest BCUT2D eigenvalue weighted by Crippen LogP contribution is 2.28. The van der Waals surface area contributed by atoms with Crippen LogP contribution in [0.4, 0.5) is 5.82 Å². The summed E-state index contributed by atoms with van der Waals surface area (Å²) >= 11 is 0. The second kappa shape index (κ2) is 5.50. The highest BCUT2D eigenvalue weighted by Gasteiger charge is 2.27. The van der Waals surface area contributed by atoms with Gasteiger partial charge in [0.25, 0.3) is 0 Å². The van der Waals surface area contributed by atoms with Crippen molar-refractivity contribution in [1.82, 2.24) is 4.98 Å². The first kappa shape index (κ1) is 12.4. The zero-order valence-electron chi connectivity index (χ0n) is 10.9. The molecule has 2 unspecified atom stereocenters. The van der Waals surface area contributed by atoms with Gasteiger partial charge in [0, 0.05) is 25.3 Å². The Hall–Kier alpha value is -1.09. The summed E-state index contributed by atoms with van der Waals surface area (Å²) in [6.07, 6.45) is 5.69. The molecular formula is C14H23N3. The minimum Gasteiger partial charge on any atom is -0.352 e. The fraction of sp³-hybridized carbons (Fsp3) is 0.643. The zero-order valence-corrected chi connectivity index (χ0v) is 10.9. The molecule has 1 fully saturated rings. The number of pyridine rings is 1. The average Bonchev–Trinajstić information content (AvgIpc) is 2.39. The molecule has 94 valence electrons. The van der Waals surface area contributed by atoms with Crippen LogP contribution in [0.15, 0.2) is 18.3 Å². The molecule has 0 spiro atoms. The molecule has 0 aromatic carbocycles. The first-order valence-electron chi connectivity index (χ1n) is 6.64. The van der Waals surface area contributed by atoms with Crippen molar-refractivity contribution in [3.8, 4) is 0 Å². The Morgan fingerprint density at radius 1 is 1.47 bits per heavy atom. The van der Waals surface area contributed by atoms with Crippen LogP contribution < -0.4 is 10.6 Å². The van der Waals surface area contributed by atoms with Crippen molar-refractivity contribution >= 4 is 5.82 Å². The number of aryl methyl sites for hydroxylation is 1. The first-order chi connectivity index (χ1) is 8.24. The molecule has 0 amide bonds. The third-order valence-corrected chi connectivity index (χ3v) is 3.86. The maximum absolute atomic E-state index is 5.91. The van der Waals surface area contributed by atoms with Crippen molar-refractivity contribution in [2.24, 2.45) is 11.7 Å². The lowest BCUT2D eigenvalue weighted by Crippen LogP contribution is -2.47. The van der Waals surface area contributed by atoms with E-state index in [1.807, 2.05) is 6.20 Å². The summed E-state index contributed by atoms with van der Waals surface area (Å²) in [5, 5.41) is 0. The SMILES string of the molecule is CCC1CCN(c2ccc(C)cn2)C(CN)C1. The number of nitrogens with zero attached hydrogens (tertiary/aromatic N) is 2. The molecule has 2 heterocycles. The van der Waals surface area contributed by atoms with Crippen LogP contribution in [-0.4, -0.2) is 24.1 Å². The van der Waals surface area contributed by atoms with Crippen LogP contribution in [0, 0.1) is 12.8 Å². The first-order valence-corrected chi connectivity index (χ1v) is 6.64. The topological polar surface area (TPSA) is 42.2 Å². The number of hydrogen-bond acceptors (Lipinski definition) is 3. The monoisotopic (exact) mass is 233 g/mol. The second-order valence-electron chi connectivity index (χ2n) is 5.08. The summed E-state index contributed by atoms with van der Waals surface area (Å²) < 4.78 is 0. The lowest BCUT2D eigenvalue weighted by Gasteiger charge is -2.39. The molecule has 0 radical (unpaired) electrons. The van der Waals surface area contributed by atoms with Gasteiger partial charge in [0.05, 0.1) is 0 Å². The van der Waals surface area contributed by atoms with Gasteiger partial charge in [-0.25, -0.2) is 4.98 Å². The van der Waals surface area contributed by atoms with Crippen LogP contribution in [-0.2, 0) is 0 Å². The highest BCUT2D eigenvalue weighted by molar-refractivity contribution is 5.41. The standard InChI is InChI=1S/C14H23N3/c1-3-12-6-7-17(13(8-12)9-15)14-5-4-11(2)10-16-14/h4-5,10,12-13H,3,6-9,15H2,1-2H3. The van der Waals surface area contributed by atoms with Gasteiger partial charge in [0.15, 0.2) is 0 Å². The van der Waals surface area contributed by atoms with Gasteiger partial charge in [-0.15, -0.1) is 0 Å². The van der Waals surface area contributed by atoms with Crippen molar-refractivity contribution in [3.63, 3.8) is 0 Å². The molecule has 2 atom stereocenters. The summed E-state index contributed by atoms with van der Waals surface area (Å²) in [6.45, 7) is 6.17. The van der Waals surface area contributed by atoms with E-state index < -0.39 is 0 Å². The van der Waals surface area contributed by atoms with E-state index in [0.717, 1.165) is 24.8 Å². The summed E-state index contributed by atoms with van der Waals surface area (Å²) in [5.41, 5.74) is 7.12. The Morgan fingerprint density at radius 3 is 2.88 bits per heavy atom.